The highest BCUT2D eigenvalue weighted by molar-refractivity contribution is 6.31. The summed E-state index contributed by atoms with van der Waals surface area (Å²) in [5, 5.41) is 7.88. The first-order valence-electron chi connectivity index (χ1n) is 9.90. The van der Waals surface area contributed by atoms with E-state index in [9.17, 15) is 9.59 Å². The number of nitrogens with zero attached hydrogens (tertiary/aromatic N) is 6. The lowest BCUT2D eigenvalue weighted by Crippen LogP contribution is -2.46. The summed E-state index contributed by atoms with van der Waals surface area (Å²) >= 11 is 6.19. The molecule has 1 aliphatic heterocycles. The average molecular weight is 430 g/mol. The lowest BCUT2D eigenvalue weighted by molar-refractivity contribution is -0.116. The fourth-order valence-electron chi connectivity index (χ4n) is 3.71. The van der Waals surface area contributed by atoms with Crippen LogP contribution in [0.5, 0.6) is 0 Å². The molecule has 1 fully saturated rings. The number of carbonyl (C=O) groups excluding carboxylic acids is 1. The Morgan fingerprint density at radius 3 is 2.73 bits per heavy atom. The molecule has 158 valence electrons. The molecule has 1 aromatic carbocycles. The highest BCUT2D eigenvalue weighted by Crippen LogP contribution is 2.30. The molecule has 10 heteroatoms. The van der Waals surface area contributed by atoms with Gasteiger partial charge in [-0.15, -0.1) is 0 Å². The highest BCUT2D eigenvalue weighted by Gasteiger charge is 2.20. The summed E-state index contributed by atoms with van der Waals surface area (Å²) in [6.45, 7) is 6.73. The minimum atomic E-state index is -0.321. The van der Waals surface area contributed by atoms with E-state index in [0.717, 1.165) is 38.4 Å². The first kappa shape index (κ1) is 20.4. The third-order valence-electron chi connectivity index (χ3n) is 5.42. The summed E-state index contributed by atoms with van der Waals surface area (Å²) in [5.41, 5.74) is 1.75. The SMILES string of the molecule is CCN1CCN(c2ccc(Cl)cc2NC(=O)Cn2cnc3c(cnn3C)c2=O)CC1. The summed E-state index contributed by atoms with van der Waals surface area (Å²) in [5.74, 6) is -0.321. The van der Waals surface area contributed by atoms with Crippen molar-refractivity contribution < 1.29 is 4.79 Å². The Labute approximate surface area is 178 Å². The molecule has 1 N–H and O–H groups in total. The Morgan fingerprint density at radius 2 is 2.00 bits per heavy atom. The van der Waals surface area contributed by atoms with Gasteiger partial charge < -0.3 is 15.1 Å². The molecule has 0 atom stereocenters. The molecule has 2 aromatic heterocycles. The monoisotopic (exact) mass is 429 g/mol. The standard InChI is InChI=1S/C20H24ClN7O2/c1-3-26-6-8-27(9-7-26)17-5-4-14(21)10-16(17)24-18(29)12-28-13-22-19-15(20(28)30)11-23-25(19)2/h4-5,10-11,13H,3,6-9,12H2,1-2H3,(H,24,29). The number of fused-ring (bicyclic) bond motifs is 1. The number of anilines is 2. The van der Waals surface area contributed by atoms with Crippen molar-refractivity contribution in [3.63, 3.8) is 0 Å². The Kier molecular flexibility index (Phi) is 5.74. The van der Waals surface area contributed by atoms with Gasteiger partial charge in [-0.1, -0.05) is 18.5 Å². The average Bonchev–Trinajstić information content (AvgIpc) is 3.12. The van der Waals surface area contributed by atoms with Crippen molar-refractivity contribution in [1.29, 1.82) is 0 Å². The molecule has 1 aliphatic rings. The maximum absolute atomic E-state index is 12.7. The van der Waals surface area contributed by atoms with Gasteiger partial charge >= 0.3 is 0 Å². The molecule has 0 spiro atoms. The van der Waals surface area contributed by atoms with Gasteiger partial charge in [-0.25, -0.2) is 4.98 Å². The maximum atomic E-state index is 12.7. The number of hydrogen-bond acceptors (Lipinski definition) is 6. The molecule has 0 bridgehead atoms. The molecule has 3 aromatic rings. The van der Waals surface area contributed by atoms with E-state index in [-0.39, 0.29) is 18.0 Å². The number of hydrogen-bond donors (Lipinski definition) is 1. The van der Waals surface area contributed by atoms with E-state index < -0.39 is 0 Å². The zero-order valence-electron chi connectivity index (χ0n) is 17.0. The number of rotatable bonds is 5. The summed E-state index contributed by atoms with van der Waals surface area (Å²) in [7, 11) is 1.72. The molecular weight excluding hydrogens is 406 g/mol. The van der Waals surface area contributed by atoms with Gasteiger partial charge in [0.1, 0.15) is 18.3 Å². The number of halogens is 1. The largest absolute Gasteiger partial charge is 0.367 e. The van der Waals surface area contributed by atoms with Crippen LogP contribution < -0.4 is 15.8 Å². The molecule has 1 amide bonds. The smallest absolute Gasteiger partial charge is 0.264 e. The van der Waals surface area contributed by atoms with Crippen LogP contribution in [0.3, 0.4) is 0 Å². The van der Waals surface area contributed by atoms with Crippen molar-refractivity contribution in [2.24, 2.45) is 7.05 Å². The van der Waals surface area contributed by atoms with Gasteiger partial charge in [0.05, 0.1) is 17.6 Å². The predicted molar refractivity (Wildman–Crippen MR) is 117 cm³/mol. The van der Waals surface area contributed by atoms with Gasteiger partial charge in [0.2, 0.25) is 5.91 Å². The number of aromatic nitrogens is 4. The van der Waals surface area contributed by atoms with Crippen LogP contribution in [-0.4, -0.2) is 62.9 Å². The number of aryl methyl sites for hydroxylation is 1. The van der Waals surface area contributed by atoms with Gasteiger partial charge in [0.15, 0.2) is 5.65 Å². The van der Waals surface area contributed by atoms with Crippen molar-refractivity contribution in [2.45, 2.75) is 13.5 Å². The summed E-state index contributed by atoms with van der Waals surface area (Å²) in [4.78, 5) is 34.2. The normalized spacial score (nSPS) is 15.0. The van der Waals surface area contributed by atoms with Crippen LogP contribution in [0.2, 0.25) is 5.02 Å². The number of amides is 1. The number of likely N-dealkylation sites (N-methyl/N-ethyl adjacent to an activating group) is 1. The van der Waals surface area contributed by atoms with Crippen molar-refractivity contribution in [3.8, 4) is 0 Å². The lowest BCUT2D eigenvalue weighted by Gasteiger charge is -2.36. The molecule has 0 saturated carbocycles. The van der Waals surface area contributed by atoms with E-state index in [4.69, 9.17) is 11.6 Å². The molecule has 3 heterocycles. The fraction of sp³-hybridized carbons (Fsp3) is 0.400. The molecule has 0 unspecified atom stereocenters. The van der Waals surface area contributed by atoms with E-state index in [1.54, 1.807) is 13.1 Å². The summed E-state index contributed by atoms with van der Waals surface area (Å²) in [6, 6.07) is 5.49. The number of piperazine rings is 1. The van der Waals surface area contributed by atoms with E-state index >= 15 is 0 Å². The van der Waals surface area contributed by atoms with Crippen LogP contribution >= 0.6 is 11.6 Å². The van der Waals surface area contributed by atoms with E-state index in [1.165, 1.54) is 21.8 Å². The van der Waals surface area contributed by atoms with Gasteiger partial charge in [-0.05, 0) is 24.7 Å². The van der Waals surface area contributed by atoms with E-state index in [0.29, 0.717) is 21.7 Å². The predicted octanol–water partition coefficient (Wildman–Crippen LogP) is 1.56. The highest BCUT2D eigenvalue weighted by atomic mass is 35.5. The van der Waals surface area contributed by atoms with Crippen LogP contribution in [0.15, 0.2) is 35.5 Å². The fourth-order valence-corrected chi connectivity index (χ4v) is 3.88. The van der Waals surface area contributed by atoms with Gasteiger partial charge in [0.25, 0.3) is 5.56 Å². The van der Waals surface area contributed by atoms with Crippen LogP contribution in [0.4, 0.5) is 11.4 Å². The van der Waals surface area contributed by atoms with Crippen molar-refractivity contribution >= 4 is 39.9 Å². The third-order valence-corrected chi connectivity index (χ3v) is 5.66. The minimum absolute atomic E-state index is 0.147. The van der Waals surface area contributed by atoms with Crippen molar-refractivity contribution in [1.82, 2.24) is 24.2 Å². The van der Waals surface area contributed by atoms with Gasteiger partial charge in [-0.2, -0.15) is 5.10 Å². The zero-order valence-corrected chi connectivity index (χ0v) is 17.8. The van der Waals surface area contributed by atoms with Crippen LogP contribution in [0.1, 0.15) is 6.92 Å². The lowest BCUT2D eigenvalue weighted by atomic mass is 10.2. The van der Waals surface area contributed by atoms with Crippen LogP contribution in [-0.2, 0) is 18.4 Å². The minimum Gasteiger partial charge on any atom is -0.367 e. The molecular formula is C20H24ClN7O2. The van der Waals surface area contributed by atoms with Crippen LogP contribution in [0, 0.1) is 0 Å². The molecule has 0 radical (unpaired) electrons. The molecule has 0 aliphatic carbocycles. The van der Waals surface area contributed by atoms with Crippen molar-refractivity contribution in [3.05, 3.63) is 46.1 Å². The Bertz CT molecular complexity index is 1130. The second kappa shape index (κ2) is 8.45. The molecule has 30 heavy (non-hydrogen) atoms. The second-order valence-electron chi connectivity index (χ2n) is 7.31. The third kappa shape index (κ3) is 4.03. The van der Waals surface area contributed by atoms with Gasteiger partial charge in [-0.3, -0.25) is 18.8 Å². The van der Waals surface area contributed by atoms with Gasteiger partial charge in [0, 0.05) is 38.2 Å². The molecule has 1 saturated heterocycles. The van der Waals surface area contributed by atoms with E-state index in [2.05, 4.69) is 32.1 Å². The summed E-state index contributed by atoms with van der Waals surface area (Å²) in [6.07, 6.45) is 2.83. The zero-order chi connectivity index (χ0) is 21.3. The van der Waals surface area contributed by atoms with Crippen molar-refractivity contribution in [2.75, 3.05) is 42.9 Å². The Morgan fingerprint density at radius 1 is 1.23 bits per heavy atom. The molecule has 4 rings (SSSR count). The quantitative estimate of drug-likeness (QED) is 0.662. The second-order valence-corrected chi connectivity index (χ2v) is 7.75. The Hall–Kier alpha value is -2.91. The first-order chi connectivity index (χ1) is 14.5. The Balaban J connectivity index is 1.53. The number of benzene rings is 1. The topological polar surface area (TPSA) is 88.3 Å². The first-order valence-corrected chi connectivity index (χ1v) is 10.3. The van der Waals surface area contributed by atoms with E-state index in [1.807, 2.05) is 12.1 Å². The van der Waals surface area contributed by atoms with Crippen LogP contribution in [0.25, 0.3) is 11.0 Å². The number of nitrogens with one attached hydrogen (secondary N) is 1. The summed E-state index contributed by atoms with van der Waals surface area (Å²) < 4.78 is 2.81. The maximum Gasteiger partial charge on any atom is 0.264 e. The molecule has 9 nitrogen and oxygen atoms in total. The number of carbonyl (C=O) groups is 1.